The summed E-state index contributed by atoms with van der Waals surface area (Å²) in [5.41, 5.74) is 5.14. The molecule has 0 heterocycles. The Morgan fingerprint density at radius 1 is 1.13 bits per heavy atom. The molecule has 0 spiro atoms. The van der Waals surface area contributed by atoms with Crippen molar-refractivity contribution in [2.45, 2.75) is 31.6 Å². The fourth-order valence-electron chi connectivity index (χ4n) is 2.18. The average molecular weight is 364 g/mol. The maximum absolute atomic E-state index is 12.2. The van der Waals surface area contributed by atoms with Gasteiger partial charge in [0.25, 0.3) is 0 Å². The lowest BCUT2D eigenvalue weighted by atomic mass is 9.81. The van der Waals surface area contributed by atoms with Crippen LogP contribution in [-0.4, -0.2) is 34.0 Å². The van der Waals surface area contributed by atoms with E-state index in [4.69, 9.17) is 5.73 Å². The summed E-state index contributed by atoms with van der Waals surface area (Å²) in [6, 6.07) is 8.12. The van der Waals surface area contributed by atoms with E-state index in [1.807, 2.05) is 13.8 Å². The van der Waals surface area contributed by atoms with Crippen molar-refractivity contribution in [1.29, 1.82) is 0 Å². The van der Waals surface area contributed by atoms with E-state index in [0.29, 0.717) is 12.8 Å². The van der Waals surface area contributed by atoms with Crippen molar-refractivity contribution in [3.63, 3.8) is 0 Å². The van der Waals surface area contributed by atoms with Crippen LogP contribution >= 0.6 is 12.4 Å². The van der Waals surface area contributed by atoms with E-state index in [-0.39, 0.29) is 42.8 Å². The summed E-state index contributed by atoms with van der Waals surface area (Å²) in [4.78, 5) is 12.4. The molecular weight excluding hydrogens is 338 g/mol. The molecule has 0 aliphatic heterocycles. The minimum absolute atomic E-state index is 0. The van der Waals surface area contributed by atoms with Crippen LogP contribution in [0.1, 0.15) is 26.7 Å². The number of carbonyl (C=O) groups is 1. The lowest BCUT2D eigenvalue weighted by Crippen LogP contribution is -2.47. The lowest BCUT2D eigenvalue weighted by Gasteiger charge is -2.28. The van der Waals surface area contributed by atoms with Crippen LogP contribution in [-0.2, 0) is 14.8 Å². The number of nitrogens with two attached hydrogens (primary N) is 1. The highest BCUT2D eigenvalue weighted by Crippen LogP contribution is 2.24. The van der Waals surface area contributed by atoms with Gasteiger partial charge in [-0.05, 0) is 25.0 Å². The number of hydrogen-bond donors (Lipinski definition) is 3. The molecule has 6 nitrogen and oxygen atoms in total. The Labute approximate surface area is 144 Å². The van der Waals surface area contributed by atoms with Crippen molar-refractivity contribution in [3.05, 3.63) is 30.3 Å². The van der Waals surface area contributed by atoms with Gasteiger partial charge in [0.2, 0.25) is 15.9 Å². The molecular formula is C15H26ClN3O3S. The molecule has 8 heteroatoms. The van der Waals surface area contributed by atoms with Crippen LogP contribution < -0.4 is 15.8 Å². The molecule has 1 rings (SSSR count). The van der Waals surface area contributed by atoms with Gasteiger partial charge in [-0.3, -0.25) is 4.79 Å². The van der Waals surface area contributed by atoms with Crippen molar-refractivity contribution in [2.24, 2.45) is 11.1 Å². The molecule has 0 aliphatic carbocycles. The van der Waals surface area contributed by atoms with Crippen molar-refractivity contribution >= 4 is 28.3 Å². The number of nitrogens with one attached hydrogen (secondary N) is 2. The summed E-state index contributed by atoms with van der Waals surface area (Å²) in [7, 11) is -3.54. The SMILES string of the molecule is CCC(CC)(CN)C(=O)NCCNS(=O)(=O)c1ccccc1.Cl. The molecule has 0 bridgehead atoms. The predicted molar refractivity (Wildman–Crippen MR) is 94.0 cm³/mol. The summed E-state index contributed by atoms with van der Waals surface area (Å²) < 4.78 is 26.5. The van der Waals surface area contributed by atoms with Crippen molar-refractivity contribution < 1.29 is 13.2 Å². The molecule has 0 unspecified atom stereocenters. The Balaban J connectivity index is 0.00000484. The summed E-state index contributed by atoms with van der Waals surface area (Å²) in [5.74, 6) is -0.126. The number of rotatable bonds is 9. The van der Waals surface area contributed by atoms with Gasteiger partial charge < -0.3 is 11.1 Å². The quantitative estimate of drug-likeness (QED) is 0.575. The molecule has 0 saturated heterocycles. The smallest absolute Gasteiger partial charge is 0.240 e. The molecule has 0 fully saturated rings. The van der Waals surface area contributed by atoms with Gasteiger partial charge in [0.15, 0.2) is 0 Å². The maximum atomic E-state index is 12.2. The zero-order valence-electron chi connectivity index (χ0n) is 13.5. The van der Waals surface area contributed by atoms with Crippen molar-refractivity contribution in [3.8, 4) is 0 Å². The number of sulfonamides is 1. The van der Waals surface area contributed by atoms with E-state index < -0.39 is 15.4 Å². The largest absolute Gasteiger partial charge is 0.354 e. The molecule has 0 aliphatic rings. The van der Waals surface area contributed by atoms with Crippen LogP contribution in [0.3, 0.4) is 0 Å². The second-order valence-electron chi connectivity index (χ2n) is 5.16. The van der Waals surface area contributed by atoms with Gasteiger partial charge >= 0.3 is 0 Å². The second-order valence-corrected chi connectivity index (χ2v) is 6.93. The zero-order chi connectivity index (χ0) is 16.6. The molecule has 0 radical (unpaired) electrons. The molecule has 1 aromatic rings. The van der Waals surface area contributed by atoms with Crippen LogP contribution in [0.15, 0.2) is 35.2 Å². The first-order valence-electron chi connectivity index (χ1n) is 7.45. The fourth-order valence-corrected chi connectivity index (χ4v) is 3.24. The monoisotopic (exact) mass is 363 g/mol. The van der Waals surface area contributed by atoms with Crippen LogP contribution in [0.2, 0.25) is 0 Å². The second kappa shape index (κ2) is 9.87. The summed E-state index contributed by atoms with van der Waals surface area (Å²) in [5, 5.41) is 2.75. The summed E-state index contributed by atoms with van der Waals surface area (Å²) in [6.45, 7) is 4.49. The number of carbonyl (C=O) groups excluding carboxylic acids is 1. The summed E-state index contributed by atoms with van der Waals surface area (Å²) >= 11 is 0. The Hall–Kier alpha value is -1.15. The Morgan fingerprint density at radius 2 is 1.70 bits per heavy atom. The highest BCUT2D eigenvalue weighted by atomic mass is 35.5. The topological polar surface area (TPSA) is 101 Å². The third-order valence-corrected chi connectivity index (χ3v) is 5.46. The van der Waals surface area contributed by atoms with Crippen molar-refractivity contribution in [2.75, 3.05) is 19.6 Å². The van der Waals surface area contributed by atoms with Gasteiger partial charge in [-0.15, -0.1) is 12.4 Å². The average Bonchev–Trinajstić information content (AvgIpc) is 2.54. The Morgan fingerprint density at radius 3 is 2.17 bits per heavy atom. The molecule has 0 aromatic heterocycles. The Kier molecular flexibility index (Phi) is 9.38. The first kappa shape index (κ1) is 21.9. The first-order valence-corrected chi connectivity index (χ1v) is 8.93. The minimum atomic E-state index is -3.54. The highest BCUT2D eigenvalue weighted by Gasteiger charge is 2.32. The lowest BCUT2D eigenvalue weighted by molar-refractivity contribution is -0.130. The van der Waals surface area contributed by atoms with Crippen LogP contribution in [0, 0.1) is 5.41 Å². The molecule has 4 N–H and O–H groups in total. The van der Waals surface area contributed by atoms with Gasteiger partial charge in [-0.25, -0.2) is 13.1 Å². The normalized spacial score (nSPS) is 11.6. The molecule has 0 saturated carbocycles. The van der Waals surface area contributed by atoms with Gasteiger partial charge in [0.1, 0.15) is 0 Å². The summed E-state index contributed by atoms with van der Waals surface area (Å²) in [6.07, 6.45) is 1.31. The fraction of sp³-hybridized carbons (Fsp3) is 0.533. The first-order chi connectivity index (χ1) is 10.4. The third kappa shape index (κ3) is 5.76. The Bertz CT molecular complexity index is 567. The minimum Gasteiger partial charge on any atom is -0.354 e. The van der Waals surface area contributed by atoms with Gasteiger partial charge in [0.05, 0.1) is 10.3 Å². The van der Waals surface area contributed by atoms with E-state index in [2.05, 4.69) is 10.0 Å². The molecule has 0 atom stereocenters. The van der Waals surface area contributed by atoms with E-state index in [1.165, 1.54) is 12.1 Å². The van der Waals surface area contributed by atoms with E-state index >= 15 is 0 Å². The van der Waals surface area contributed by atoms with Gasteiger partial charge in [0, 0.05) is 19.6 Å². The van der Waals surface area contributed by atoms with Crippen LogP contribution in [0.5, 0.6) is 0 Å². The highest BCUT2D eigenvalue weighted by molar-refractivity contribution is 7.89. The van der Waals surface area contributed by atoms with E-state index in [0.717, 1.165) is 0 Å². The van der Waals surface area contributed by atoms with Crippen LogP contribution in [0.4, 0.5) is 0 Å². The number of benzene rings is 1. The maximum Gasteiger partial charge on any atom is 0.240 e. The van der Waals surface area contributed by atoms with Crippen LogP contribution in [0.25, 0.3) is 0 Å². The predicted octanol–water partition coefficient (Wildman–Crippen LogP) is 1.27. The van der Waals surface area contributed by atoms with E-state index in [9.17, 15) is 13.2 Å². The molecule has 1 amide bonds. The molecule has 1 aromatic carbocycles. The van der Waals surface area contributed by atoms with Gasteiger partial charge in [-0.1, -0.05) is 32.0 Å². The number of hydrogen-bond acceptors (Lipinski definition) is 4. The van der Waals surface area contributed by atoms with E-state index in [1.54, 1.807) is 18.2 Å². The number of amides is 1. The number of halogens is 1. The molecule has 132 valence electrons. The van der Waals surface area contributed by atoms with Crippen molar-refractivity contribution in [1.82, 2.24) is 10.0 Å². The van der Waals surface area contributed by atoms with Gasteiger partial charge in [-0.2, -0.15) is 0 Å². The molecule has 23 heavy (non-hydrogen) atoms. The third-order valence-electron chi connectivity index (χ3n) is 3.98. The standard InChI is InChI=1S/C15H25N3O3S.ClH/c1-3-15(4-2,12-16)14(19)17-10-11-18-22(20,21)13-8-6-5-7-9-13;/h5-9,18H,3-4,10-12,16H2,1-2H3,(H,17,19);1H. The zero-order valence-corrected chi connectivity index (χ0v) is 15.2.